The van der Waals surface area contributed by atoms with Crippen LogP contribution in [0.5, 0.6) is 0 Å². The minimum atomic E-state index is -1.64. The second-order valence-corrected chi connectivity index (χ2v) is 8.81. The summed E-state index contributed by atoms with van der Waals surface area (Å²) in [5, 5.41) is 35.1. The van der Waals surface area contributed by atoms with Crippen molar-refractivity contribution in [1.29, 1.82) is 0 Å². The van der Waals surface area contributed by atoms with Gasteiger partial charge in [-0.05, 0) is 30.9 Å². The van der Waals surface area contributed by atoms with E-state index in [-0.39, 0.29) is 19.3 Å². The summed E-state index contributed by atoms with van der Waals surface area (Å²) < 4.78 is 0. The van der Waals surface area contributed by atoms with E-state index in [0.29, 0.717) is 0 Å². The van der Waals surface area contributed by atoms with Crippen molar-refractivity contribution in [2.45, 2.75) is 56.3 Å². The van der Waals surface area contributed by atoms with Crippen LogP contribution in [0.2, 0.25) is 0 Å². The highest BCUT2D eigenvalue weighted by atomic mass is 16.4. The molecule has 212 valence electrons. The number of carbonyl (C=O) groups excluding carboxylic acids is 4. The summed E-state index contributed by atoms with van der Waals surface area (Å²) in [4.78, 5) is 74.7. The molecule has 1 heterocycles. The molecule has 0 aliphatic heterocycles. The van der Waals surface area contributed by atoms with Crippen molar-refractivity contribution in [2.75, 3.05) is 6.61 Å². The van der Waals surface area contributed by atoms with Crippen molar-refractivity contribution in [3.05, 3.63) is 36.0 Å². The van der Waals surface area contributed by atoms with Crippen LogP contribution in [0.3, 0.4) is 0 Å². The lowest BCUT2D eigenvalue weighted by Crippen LogP contribution is -2.58. The molecule has 15 heteroatoms. The van der Waals surface area contributed by atoms with Crippen molar-refractivity contribution in [3.8, 4) is 0 Å². The van der Waals surface area contributed by atoms with Crippen LogP contribution in [0, 0.1) is 0 Å². The van der Waals surface area contributed by atoms with Crippen molar-refractivity contribution < 1.29 is 44.1 Å². The second-order valence-electron chi connectivity index (χ2n) is 8.81. The summed E-state index contributed by atoms with van der Waals surface area (Å²) in [5.74, 6) is -6.34. The zero-order valence-electron chi connectivity index (χ0n) is 20.9. The number of para-hydroxylation sites is 1. The Bertz CT molecular complexity index is 1210. The van der Waals surface area contributed by atoms with Gasteiger partial charge in [-0.3, -0.25) is 24.0 Å². The van der Waals surface area contributed by atoms with Crippen LogP contribution >= 0.6 is 0 Å². The molecule has 0 fully saturated rings. The molecule has 11 N–H and O–H groups in total. The van der Waals surface area contributed by atoms with Gasteiger partial charge in [-0.1, -0.05) is 18.2 Å². The maximum Gasteiger partial charge on any atom is 0.326 e. The second kappa shape index (κ2) is 14.4. The highest BCUT2D eigenvalue weighted by Gasteiger charge is 2.30. The number of nitrogens with two attached hydrogens (primary N) is 2. The number of H-pyrrole nitrogens is 1. The summed E-state index contributed by atoms with van der Waals surface area (Å²) in [7, 11) is 0. The van der Waals surface area contributed by atoms with Crippen LogP contribution in [0.4, 0.5) is 0 Å². The van der Waals surface area contributed by atoms with Gasteiger partial charge >= 0.3 is 11.9 Å². The molecule has 1 aromatic heterocycles. The van der Waals surface area contributed by atoms with Gasteiger partial charge in [0.05, 0.1) is 12.6 Å². The molecule has 4 amide bonds. The number of aliphatic hydroxyl groups is 1. The molecular weight excluding hydrogens is 516 g/mol. The predicted octanol–water partition coefficient (Wildman–Crippen LogP) is -2.30. The summed E-state index contributed by atoms with van der Waals surface area (Å²) in [6.45, 7) is -0.945. The number of fused-ring (bicyclic) bond motifs is 1. The Labute approximate surface area is 222 Å². The first-order valence-corrected chi connectivity index (χ1v) is 12.0. The van der Waals surface area contributed by atoms with E-state index in [1.165, 1.54) is 0 Å². The maximum absolute atomic E-state index is 12.9. The first kappa shape index (κ1) is 30.7. The predicted molar refractivity (Wildman–Crippen MR) is 136 cm³/mol. The summed E-state index contributed by atoms with van der Waals surface area (Å²) >= 11 is 0. The molecule has 39 heavy (non-hydrogen) atoms. The molecule has 2 aromatic rings. The van der Waals surface area contributed by atoms with Gasteiger partial charge < -0.3 is 47.7 Å². The van der Waals surface area contributed by atoms with E-state index in [1.807, 2.05) is 24.3 Å². The van der Waals surface area contributed by atoms with Gasteiger partial charge in [0.1, 0.15) is 18.1 Å². The number of hydrogen-bond donors (Lipinski definition) is 9. The topological polar surface area (TPSA) is 267 Å². The number of hydrogen-bond acceptors (Lipinski definition) is 8. The number of nitrogens with one attached hydrogen (secondary N) is 4. The van der Waals surface area contributed by atoms with Crippen LogP contribution < -0.4 is 27.4 Å². The molecule has 0 bridgehead atoms. The standard InChI is InChI=1S/C24H32N6O9/c25-14(9-12-10-27-15-4-2-1-3-13(12)15)21(35)28-16(5-7-19(26)32)22(36)30-18(11-31)23(37)29-17(24(38)39)6-8-20(33)34/h1-4,10,14,16-18,27,31H,5-9,11,25H2,(H2,26,32)(H,28,35)(H,29,37)(H,30,36)(H,33,34)(H,38,39). The molecule has 0 aliphatic carbocycles. The fraction of sp³-hybridized carbons (Fsp3) is 0.417. The van der Waals surface area contributed by atoms with E-state index in [1.54, 1.807) is 6.20 Å². The molecule has 1 aromatic carbocycles. The van der Waals surface area contributed by atoms with Crippen LogP contribution in [-0.2, 0) is 35.2 Å². The summed E-state index contributed by atoms with van der Waals surface area (Å²) in [5.41, 5.74) is 12.8. The number of carboxylic acid groups (broad SMARTS) is 2. The largest absolute Gasteiger partial charge is 0.481 e. The lowest BCUT2D eigenvalue weighted by molar-refractivity contribution is -0.143. The third-order valence-corrected chi connectivity index (χ3v) is 5.84. The van der Waals surface area contributed by atoms with Crippen LogP contribution in [-0.4, -0.2) is 86.6 Å². The number of aliphatic carboxylic acids is 2. The SMILES string of the molecule is NC(=O)CCC(NC(=O)C(N)Cc1c[nH]c2ccccc12)C(=O)NC(CO)C(=O)NC(CCC(=O)O)C(=O)O. The maximum atomic E-state index is 12.9. The average molecular weight is 549 g/mol. The number of benzene rings is 1. The van der Waals surface area contributed by atoms with Crippen LogP contribution in [0.15, 0.2) is 30.5 Å². The van der Waals surface area contributed by atoms with Crippen LogP contribution in [0.1, 0.15) is 31.2 Å². The third kappa shape index (κ3) is 9.39. The number of aromatic amines is 1. The zero-order valence-corrected chi connectivity index (χ0v) is 20.9. The molecule has 2 rings (SSSR count). The quantitative estimate of drug-likeness (QED) is 0.108. The molecule has 4 unspecified atom stereocenters. The fourth-order valence-corrected chi connectivity index (χ4v) is 3.73. The lowest BCUT2D eigenvalue weighted by atomic mass is 10.0. The molecule has 0 aliphatic rings. The minimum absolute atomic E-state index is 0.120. The van der Waals surface area contributed by atoms with E-state index in [9.17, 15) is 39.0 Å². The number of amides is 4. The molecule has 0 spiro atoms. The highest BCUT2D eigenvalue weighted by molar-refractivity contribution is 5.94. The number of carboxylic acids is 2. The van der Waals surface area contributed by atoms with Gasteiger partial charge in [0.25, 0.3) is 0 Å². The Kier molecular flexibility index (Phi) is 11.4. The first-order valence-electron chi connectivity index (χ1n) is 12.0. The average Bonchev–Trinajstić information content (AvgIpc) is 3.29. The number of aliphatic hydroxyl groups excluding tert-OH is 1. The normalized spacial score (nSPS) is 14.0. The van der Waals surface area contributed by atoms with Gasteiger partial charge in [0.15, 0.2) is 0 Å². The monoisotopic (exact) mass is 548 g/mol. The minimum Gasteiger partial charge on any atom is -0.481 e. The number of primary amides is 1. The van der Waals surface area contributed by atoms with Crippen molar-refractivity contribution in [2.24, 2.45) is 11.5 Å². The Morgan fingerprint density at radius 1 is 0.846 bits per heavy atom. The molecule has 0 saturated heterocycles. The van der Waals surface area contributed by atoms with E-state index in [0.717, 1.165) is 16.5 Å². The lowest BCUT2D eigenvalue weighted by Gasteiger charge is -2.24. The number of carbonyl (C=O) groups is 6. The summed E-state index contributed by atoms with van der Waals surface area (Å²) in [6.07, 6.45) is 0.293. The molecule has 4 atom stereocenters. The van der Waals surface area contributed by atoms with E-state index < -0.39 is 79.2 Å². The van der Waals surface area contributed by atoms with Gasteiger partial charge in [-0.25, -0.2) is 4.79 Å². The van der Waals surface area contributed by atoms with Gasteiger partial charge in [-0.15, -0.1) is 0 Å². The third-order valence-electron chi connectivity index (χ3n) is 5.84. The van der Waals surface area contributed by atoms with Gasteiger partial charge in [0, 0.05) is 29.9 Å². The van der Waals surface area contributed by atoms with E-state index in [4.69, 9.17) is 16.6 Å². The zero-order chi connectivity index (χ0) is 29.1. The van der Waals surface area contributed by atoms with E-state index in [2.05, 4.69) is 20.9 Å². The Hall–Kier alpha value is -4.50. The van der Waals surface area contributed by atoms with Gasteiger partial charge in [0.2, 0.25) is 23.6 Å². The van der Waals surface area contributed by atoms with E-state index >= 15 is 0 Å². The number of rotatable bonds is 16. The Morgan fingerprint density at radius 3 is 2.05 bits per heavy atom. The first-order chi connectivity index (χ1) is 18.4. The van der Waals surface area contributed by atoms with Crippen molar-refractivity contribution >= 4 is 46.5 Å². The van der Waals surface area contributed by atoms with Crippen LogP contribution in [0.25, 0.3) is 10.9 Å². The molecule has 15 nitrogen and oxygen atoms in total. The number of aromatic nitrogens is 1. The molecular formula is C24H32N6O9. The Balaban J connectivity index is 2.08. The van der Waals surface area contributed by atoms with Gasteiger partial charge in [-0.2, -0.15) is 0 Å². The highest BCUT2D eigenvalue weighted by Crippen LogP contribution is 2.18. The van der Waals surface area contributed by atoms with Crippen molar-refractivity contribution in [1.82, 2.24) is 20.9 Å². The Morgan fingerprint density at radius 2 is 1.44 bits per heavy atom. The fourth-order valence-electron chi connectivity index (χ4n) is 3.73. The molecule has 0 saturated carbocycles. The smallest absolute Gasteiger partial charge is 0.326 e. The summed E-state index contributed by atoms with van der Waals surface area (Å²) in [6, 6.07) is 1.69. The van der Waals surface area contributed by atoms with Crippen molar-refractivity contribution in [3.63, 3.8) is 0 Å². The molecule has 0 radical (unpaired) electrons.